The summed E-state index contributed by atoms with van der Waals surface area (Å²) in [4.78, 5) is 12.0. The molecule has 3 rings (SSSR count). The van der Waals surface area contributed by atoms with Gasteiger partial charge >= 0.3 is 0 Å². The second-order valence-electron chi connectivity index (χ2n) is 7.89. The highest BCUT2D eigenvalue weighted by atomic mass is 35.5. The van der Waals surface area contributed by atoms with Gasteiger partial charge in [-0.3, -0.25) is 4.79 Å². The van der Waals surface area contributed by atoms with Crippen molar-refractivity contribution in [3.8, 4) is 23.0 Å². The van der Waals surface area contributed by atoms with Gasteiger partial charge in [0, 0.05) is 34.9 Å². The van der Waals surface area contributed by atoms with Crippen molar-refractivity contribution in [3.05, 3.63) is 40.9 Å². The highest BCUT2D eigenvalue weighted by Crippen LogP contribution is 2.35. The molecule has 2 N–H and O–H groups in total. The van der Waals surface area contributed by atoms with Gasteiger partial charge in [0.25, 0.3) is 5.91 Å². The van der Waals surface area contributed by atoms with Gasteiger partial charge in [0.1, 0.15) is 13.2 Å². The third-order valence-electron chi connectivity index (χ3n) is 4.23. The Morgan fingerprint density at radius 2 is 1.83 bits per heavy atom. The normalized spacial score (nSPS) is 12.8. The Hall–Kier alpha value is -2.80. The number of carbonyl (C=O) groups excluding carboxylic acids is 1. The van der Waals surface area contributed by atoms with Gasteiger partial charge in [-0.1, -0.05) is 11.6 Å². The average molecular weight is 435 g/mol. The van der Waals surface area contributed by atoms with Crippen molar-refractivity contribution in [1.29, 1.82) is 0 Å². The minimum absolute atomic E-state index is 0.126. The van der Waals surface area contributed by atoms with E-state index in [4.69, 9.17) is 30.5 Å². The van der Waals surface area contributed by atoms with Crippen LogP contribution in [0.3, 0.4) is 0 Å². The lowest BCUT2D eigenvalue weighted by Crippen LogP contribution is -2.43. The molecule has 7 nitrogen and oxygen atoms in total. The Balaban J connectivity index is 1.65. The fourth-order valence-electron chi connectivity index (χ4n) is 2.93. The van der Waals surface area contributed by atoms with Gasteiger partial charge in [-0.2, -0.15) is 0 Å². The molecule has 0 aromatic heterocycles. The van der Waals surface area contributed by atoms with E-state index >= 15 is 0 Å². The highest BCUT2D eigenvalue weighted by molar-refractivity contribution is 6.31. The number of ether oxygens (including phenoxy) is 4. The zero-order chi connectivity index (χ0) is 21.7. The summed E-state index contributed by atoms with van der Waals surface area (Å²) in [5.41, 5.74) is 1.38. The molecule has 8 heteroatoms. The van der Waals surface area contributed by atoms with E-state index < -0.39 is 0 Å². The number of methoxy groups -OCH3 is 1. The number of anilines is 1. The van der Waals surface area contributed by atoms with Crippen molar-refractivity contribution in [2.75, 3.05) is 32.2 Å². The van der Waals surface area contributed by atoms with Crippen LogP contribution in [0.15, 0.2) is 30.3 Å². The van der Waals surface area contributed by atoms with Crippen molar-refractivity contribution < 1.29 is 23.7 Å². The van der Waals surface area contributed by atoms with Crippen LogP contribution in [-0.4, -0.2) is 38.4 Å². The van der Waals surface area contributed by atoms with Crippen LogP contribution >= 0.6 is 11.6 Å². The number of benzene rings is 2. The van der Waals surface area contributed by atoms with Crippen LogP contribution in [0.2, 0.25) is 5.02 Å². The van der Waals surface area contributed by atoms with Gasteiger partial charge in [0.15, 0.2) is 29.6 Å². The lowest BCUT2D eigenvalue weighted by Gasteiger charge is -2.21. The van der Waals surface area contributed by atoms with Crippen LogP contribution in [0.4, 0.5) is 5.69 Å². The largest absolute Gasteiger partial charge is 0.493 e. The SMILES string of the molecule is COc1cc(CNc2ccc3c(c2)OCCO3)c(Cl)cc1OCC(=O)NC(C)(C)C. The van der Waals surface area contributed by atoms with Crippen molar-refractivity contribution in [3.63, 3.8) is 0 Å². The molecule has 0 saturated carbocycles. The van der Waals surface area contributed by atoms with Gasteiger partial charge in [0.05, 0.1) is 7.11 Å². The van der Waals surface area contributed by atoms with E-state index in [0.717, 1.165) is 17.0 Å². The molecule has 30 heavy (non-hydrogen) atoms. The van der Waals surface area contributed by atoms with E-state index in [1.807, 2.05) is 39.0 Å². The molecule has 0 fully saturated rings. The minimum Gasteiger partial charge on any atom is -0.493 e. The first-order valence-electron chi connectivity index (χ1n) is 9.69. The highest BCUT2D eigenvalue weighted by Gasteiger charge is 2.17. The number of nitrogens with one attached hydrogen (secondary N) is 2. The zero-order valence-electron chi connectivity index (χ0n) is 17.6. The molecule has 1 heterocycles. The molecule has 0 radical (unpaired) electrons. The summed E-state index contributed by atoms with van der Waals surface area (Å²) in [5.74, 6) is 2.15. The standard InChI is InChI=1S/C22H27ClN2O5/c1-22(2,3)25-21(26)13-30-20-11-16(23)14(9-18(20)27-4)12-24-15-5-6-17-19(10-15)29-8-7-28-17/h5-6,9-11,24H,7-8,12-13H2,1-4H3,(H,25,26). The predicted octanol–water partition coefficient (Wildman–Crippen LogP) is 4.03. The molecule has 162 valence electrons. The van der Waals surface area contributed by atoms with E-state index in [1.54, 1.807) is 19.2 Å². The van der Waals surface area contributed by atoms with Crippen LogP contribution in [0.1, 0.15) is 26.3 Å². The Morgan fingerprint density at radius 3 is 2.53 bits per heavy atom. The number of fused-ring (bicyclic) bond motifs is 1. The molecule has 2 aromatic rings. The topological polar surface area (TPSA) is 78.1 Å². The maximum absolute atomic E-state index is 12.0. The molecular formula is C22H27ClN2O5. The molecule has 0 spiro atoms. The number of halogens is 1. The van der Waals surface area contributed by atoms with Gasteiger partial charge in [-0.15, -0.1) is 0 Å². The number of rotatable bonds is 7. The summed E-state index contributed by atoms with van der Waals surface area (Å²) >= 11 is 6.44. The Morgan fingerprint density at radius 1 is 1.10 bits per heavy atom. The van der Waals surface area contributed by atoms with Crippen molar-refractivity contribution >= 4 is 23.2 Å². The first-order chi connectivity index (χ1) is 14.2. The fourth-order valence-corrected chi connectivity index (χ4v) is 3.15. The van der Waals surface area contributed by atoms with Crippen LogP contribution in [0, 0.1) is 0 Å². The van der Waals surface area contributed by atoms with Crippen LogP contribution in [0.25, 0.3) is 0 Å². The maximum Gasteiger partial charge on any atom is 0.258 e. The summed E-state index contributed by atoms with van der Waals surface area (Å²) in [6, 6.07) is 9.14. The molecule has 0 unspecified atom stereocenters. The van der Waals surface area contributed by atoms with E-state index in [9.17, 15) is 4.79 Å². The minimum atomic E-state index is -0.328. The number of carbonyl (C=O) groups is 1. The third kappa shape index (κ3) is 5.86. The average Bonchev–Trinajstić information content (AvgIpc) is 2.70. The summed E-state index contributed by atoms with van der Waals surface area (Å²) in [6.45, 7) is 7.16. The van der Waals surface area contributed by atoms with E-state index in [1.165, 1.54) is 0 Å². The Labute approximate surface area is 181 Å². The quantitative estimate of drug-likeness (QED) is 0.685. The Kier molecular flexibility index (Phi) is 6.82. The fraction of sp³-hybridized carbons (Fsp3) is 0.409. The lowest BCUT2D eigenvalue weighted by atomic mass is 10.1. The first kappa shape index (κ1) is 21.9. The van der Waals surface area contributed by atoms with Crippen molar-refractivity contribution in [2.45, 2.75) is 32.9 Å². The van der Waals surface area contributed by atoms with Crippen molar-refractivity contribution in [1.82, 2.24) is 5.32 Å². The lowest BCUT2D eigenvalue weighted by molar-refractivity contribution is -0.124. The summed E-state index contributed by atoms with van der Waals surface area (Å²) < 4.78 is 22.2. The van der Waals surface area contributed by atoms with Gasteiger partial charge in [-0.25, -0.2) is 0 Å². The predicted molar refractivity (Wildman–Crippen MR) is 116 cm³/mol. The smallest absolute Gasteiger partial charge is 0.258 e. The summed E-state index contributed by atoms with van der Waals surface area (Å²) in [6.07, 6.45) is 0. The summed E-state index contributed by atoms with van der Waals surface area (Å²) in [5, 5.41) is 6.67. The third-order valence-corrected chi connectivity index (χ3v) is 4.58. The van der Waals surface area contributed by atoms with E-state index in [2.05, 4.69) is 10.6 Å². The zero-order valence-corrected chi connectivity index (χ0v) is 18.4. The molecule has 0 atom stereocenters. The molecule has 2 aromatic carbocycles. The molecule has 0 bridgehead atoms. The van der Waals surface area contributed by atoms with E-state index in [-0.39, 0.29) is 18.1 Å². The molecule has 1 aliphatic heterocycles. The molecule has 1 aliphatic rings. The number of amides is 1. The first-order valence-corrected chi connectivity index (χ1v) is 10.1. The maximum atomic E-state index is 12.0. The molecule has 1 amide bonds. The number of hydrogen-bond acceptors (Lipinski definition) is 6. The van der Waals surface area contributed by atoms with Crippen LogP contribution < -0.4 is 29.6 Å². The van der Waals surface area contributed by atoms with Gasteiger partial charge in [0.2, 0.25) is 0 Å². The van der Waals surface area contributed by atoms with Crippen LogP contribution in [0.5, 0.6) is 23.0 Å². The molecule has 0 saturated heterocycles. The second-order valence-corrected chi connectivity index (χ2v) is 8.30. The number of hydrogen-bond donors (Lipinski definition) is 2. The van der Waals surface area contributed by atoms with Gasteiger partial charge in [-0.05, 0) is 44.5 Å². The van der Waals surface area contributed by atoms with Crippen LogP contribution in [-0.2, 0) is 11.3 Å². The second kappa shape index (κ2) is 9.34. The van der Waals surface area contributed by atoms with E-state index in [0.29, 0.717) is 42.0 Å². The van der Waals surface area contributed by atoms with Crippen molar-refractivity contribution in [2.24, 2.45) is 0 Å². The molecular weight excluding hydrogens is 408 g/mol. The molecule has 0 aliphatic carbocycles. The summed E-state index contributed by atoms with van der Waals surface area (Å²) in [7, 11) is 1.54. The van der Waals surface area contributed by atoms with Gasteiger partial charge < -0.3 is 29.6 Å². The monoisotopic (exact) mass is 434 g/mol. The Bertz CT molecular complexity index is 911.